The number of unbranched alkanes of at least 4 members (excludes halogenated alkanes) is 49. The highest BCUT2D eigenvalue weighted by molar-refractivity contribution is 5.71. The smallest absolute Gasteiger partial charge is 0.306 e. The molecule has 0 aromatic carbocycles. The summed E-state index contributed by atoms with van der Waals surface area (Å²) in [7, 11) is 0. The van der Waals surface area contributed by atoms with Crippen molar-refractivity contribution in [3.63, 3.8) is 0 Å². The van der Waals surface area contributed by atoms with Crippen LogP contribution in [0, 0.1) is 5.92 Å². The van der Waals surface area contributed by atoms with Gasteiger partial charge in [0.25, 0.3) is 0 Å². The molecular weight excluding hydrogens is 901 g/mol. The van der Waals surface area contributed by atoms with Crippen molar-refractivity contribution in [1.29, 1.82) is 0 Å². The first kappa shape index (κ1) is 71.4. The molecule has 0 N–H and O–H groups in total. The number of carbonyl (C=O) groups is 3. The van der Waals surface area contributed by atoms with Crippen LogP contribution >= 0.6 is 0 Å². The number of rotatable bonds is 62. The van der Waals surface area contributed by atoms with Crippen LogP contribution in [0.5, 0.6) is 0 Å². The monoisotopic (exact) mass is 1030 g/mol. The Morgan fingerprint density at radius 2 is 0.452 bits per heavy atom. The van der Waals surface area contributed by atoms with Crippen LogP contribution in [0.4, 0.5) is 0 Å². The molecular formula is C67H130O6. The minimum Gasteiger partial charge on any atom is -0.462 e. The van der Waals surface area contributed by atoms with Gasteiger partial charge in [0.2, 0.25) is 0 Å². The Kier molecular flexibility index (Phi) is 59.9. The van der Waals surface area contributed by atoms with Gasteiger partial charge in [-0.2, -0.15) is 0 Å². The zero-order valence-corrected chi connectivity index (χ0v) is 50.1. The van der Waals surface area contributed by atoms with Crippen molar-refractivity contribution in [1.82, 2.24) is 0 Å². The second kappa shape index (κ2) is 61.3. The van der Waals surface area contributed by atoms with Crippen LogP contribution < -0.4 is 0 Å². The van der Waals surface area contributed by atoms with Gasteiger partial charge in [0.15, 0.2) is 6.10 Å². The zero-order chi connectivity index (χ0) is 53.0. The van der Waals surface area contributed by atoms with E-state index in [1.54, 1.807) is 0 Å². The summed E-state index contributed by atoms with van der Waals surface area (Å²) in [6.45, 7) is 9.11. The van der Waals surface area contributed by atoms with E-state index in [-0.39, 0.29) is 31.1 Å². The summed E-state index contributed by atoms with van der Waals surface area (Å²) < 4.78 is 17.0. The van der Waals surface area contributed by atoms with E-state index in [0.29, 0.717) is 19.3 Å². The summed E-state index contributed by atoms with van der Waals surface area (Å²) >= 11 is 0. The highest BCUT2D eigenvalue weighted by atomic mass is 16.6. The fourth-order valence-corrected chi connectivity index (χ4v) is 10.5. The number of esters is 3. The molecule has 1 atom stereocenters. The maximum atomic E-state index is 12.9. The van der Waals surface area contributed by atoms with Gasteiger partial charge in [0.05, 0.1) is 0 Å². The molecule has 0 aliphatic heterocycles. The molecule has 0 aromatic heterocycles. The van der Waals surface area contributed by atoms with E-state index in [4.69, 9.17) is 14.2 Å². The Morgan fingerprint density at radius 3 is 0.671 bits per heavy atom. The average molecular weight is 1030 g/mol. The average Bonchev–Trinajstić information content (AvgIpc) is 3.38. The lowest BCUT2D eigenvalue weighted by Gasteiger charge is -2.18. The molecule has 0 amide bonds. The topological polar surface area (TPSA) is 78.9 Å². The highest BCUT2D eigenvalue weighted by Crippen LogP contribution is 2.19. The fraction of sp³-hybridized carbons (Fsp3) is 0.955. The number of ether oxygens (including phenoxy) is 3. The second-order valence-corrected chi connectivity index (χ2v) is 23.6. The van der Waals surface area contributed by atoms with Crippen molar-refractivity contribution < 1.29 is 28.6 Å². The molecule has 0 aromatic rings. The Morgan fingerprint density at radius 1 is 0.260 bits per heavy atom. The van der Waals surface area contributed by atoms with Crippen LogP contribution in [-0.4, -0.2) is 37.2 Å². The van der Waals surface area contributed by atoms with E-state index in [0.717, 1.165) is 63.7 Å². The molecule has 434 valence electrons. The van der Waals surface area contributed by atoms with Crippen LogP contribution in [0.3, 0.4) is 0 Å². The van der Waals surface area contributed by atoms with Gasteiger partial charge < -0.3 is 14.2 Å². The van der Waals surface area contributed by atoms with Crippen LogP contribution in [0.1, 0.15) is 387 Å². The van der Waals surface area contributed by atoms with Crippen molar-refractivity contribution >= 4 is 17.9 Å². The largest absolute Gasteiger partial charge is 0.462 e. The maximum Gasteiger partial charge on any atom is 0.306 e. The minimum absolute atomic E-state index is 0.0608. The molecule has 0 rings (SSSR count). The SMILES string of the molecule is CCCCCCCCCCCCCCCCCCCCCC(=O)OC[C@H](COC(=O)CCCCCCCCCCCCCCCCCC(C)C)OC(=O)CCCCCCCCCCCCCCCCCCCC. The Balaban J connectivity index is 4.28. The number of carbonyl (C=O) groups excluding carboxylic acids is 3. The van der Waals surface area contributed by atoms with E-state index >= 15 is 0 Å². The molecule has 6 nitrogen and oxygen atoms in total. The summed E-state index contributed by atoms with van der Waals surface area (Å²) in [5, 5.41) is 0. The summed E-state index contributed by atoms with van der Waals surface area (Å²) in [6.07, 6.45) is 69.7. The first-order valence-electron chi connectivity index (χ1n) is 33.4. The first-order chi connectivity index (χ1) is 35.9. The second-order valence-electron chi connectivity index (χ2n) is 23.6. The van der Waals surface area contributed by atoms with Crippen molar-refractivity contribution in [3.05, 3.63) is 0 Å². The van der Waals surface area contributed by atoms with Crippen molar-refractivity contribution in [3.8, 4) is 0 Å². The van der Waals surface area contributed by atoms with E-state index in [9.17, 15) is 14.4 Å². The van der Waals surface area contributed by atoms with E-state index in [2.05, 4.69) is 27.7 Å². The van der Waals surface area contributed by atoms with Crippen molar-refractivity contribution in [2.45, 2.75) is 393 Å². The Bertz CT molecular complexity index is 1110. The maximum absolute atomic E-state index is 12.9. The molecule has 0 heterocycles. The summed E-state index contributed by atoms with van der Waals surface area (Å²) in [5.74, 6) is 0.0251. The molecule has 0 spiro atoms. The van der Waals surface area contributed by atoms with E-state index in [1.165, 1.54) is 283 Å². The molecule has 0 saturated heterocycles. The molecule has 0 fully saturated rings. The first-order valence-corrected chi connectivity index (χ1v) is 33.4. The minimum atomic E-state index is -0.763. The van der Waals surface area contributed by atoms with E-state index < -0.39 is 6.10 Å². The lowest BCUT2D eigenvalue weighted by atomic mass is 10.0. The predicted molar refractivity (Wildman–Crippen MR) is 317 cm³/mol. The van der Waals surface area contributed by atoms with Gasteiger partial charge in [-0.3, -0.25) is 14.4 Å². The van der Waals surface area contributed by atoms with Gasteiger partial charge in [0.1, 0.15) is 13.2 Å². The third kappa shape index (κ3) is 61.1. The van der Waals surface area contributed by atoms with Gasteiger partial charge in [0, 0.05) is 19.3 Å². The van der Waals surface area contributed by atoms with Gasteiger partial charge in [-0.15, -0.1) is 0 Å². The van der Waals surface area contributed by atoms with Gasteiger partial charge in [-0.05, 0) is 25.2 Å². The van der Waals surface area contributed by atoms with Crippen molar-refractivity contribution in [2.75, 3.05) is 13.2 Å². The molecule has 0 bridgehead atoms. The summed E-state index contributed by atoms with van der Waals surface area (Å²) in [4.78, 5) is 38.4. The van der Waals surface area contributed by atoms with Crippen LogP contribution in [0.2, 0.25) is 0 Å². The normalized spacial score (nSPS) is 12.0. The molecule has 6 heteroatoms. The lowest BCUT2D eigenvalue weighted by Crippen LogP contribution is -2.30. The number of hydrogen-bond donors (Lipinski definition) is 0. The quantitative estimate of drug-likeness (QED) is 0.0343. The Labute approximate surface area is 457 Å². The van der Waals surface area contributed by atoms with Gasteiger partial charge in [-0.1, -0.05) is 349 Å². The van der Waals surface area contributed by atoms with Crippen molar-refractivity contribution in [2.24, 2.45) is 5.92 Å². The zero-order valence-electron chi connectivity index (χ0n) is 50.1. The third-order valence-electron chi connectivity index (χ3n) is 15.5. The molecule has 73 heavy (non-hydrogen) atoms. The summed E-state index contributed by atoms with van der Waals surface area (Å²) in [6, 6.07) is 0. The fourth-order valence-electron chi connectivity index (χ4n) is 10.5. The molecule has 0 aliphatic rings. The van der Waals surface area contributed by atoms with Gasteiger partial charge >= 0.3 is 17.9 Å². The molecule has 0 radical (unpaired) electrons. The predicted octanol–water partition coefficient (Wildman–Crippen LogP) is 22.5. The molecule has 0 aliphatic carbocycles. The lowest BCUT2D eigenvalue weighted by molar-refractivity contribution is -0.167. The molecule has 0 saturated carbocycles. The van der Waals surface area contributed by atoms with E-state index in [1.807, 2.05) is 0 Å². The van der Waals surface area contributed by atoms with Crippen LogP contribution in [0.15, 0.2) is 0 Å². The third-order valence-corrected chi connectivity index (χ3v) is 15.5. The standard InChI is InChI=1S/C67H130O6/c1-5-7-9-11-13-15-17-19-21-23-25-27-30-34-38-42-46-50-54-58-65(68)71-61-64(73-67(70)60-56-52-48-44-40-36-31-26-24-22-20-18-16-14-12-10-8-6-2)62-72-66(69)59-55-51-47-43-39-35-32-28-29-33-37-41-45-49-53-57-63(3)4/h63-64H,5-62H2,1-4H3/t64-/m1/s1. The molecule has 0 unspecified atom stereocenters. The van der Waals surface area contributed by atoms with Gasteiger partial charge in [-0.25, -0.2) is 0 Å². The summed E-state index contributed by atoms with van der Waals surface area (Å²) in [5.41, 5.74) is 0. The van der Waals surface area contributed by atoms with Crippen LogP contribution in [0.25, 0.3) is 0 Å². The number of hydrogen-bond acceptors (Lipinski definition) is 6. The highest BCUT2D eigenvalue weighted by Gasteiger charge is 2.19. The van der Waals surface area contributed by atoms with Crippen LogP contribution in [-0.2, 0) is 28.6 Å². The Hall–Kier alpha value is -1.59.